The summed E-state index contributed by atoms with van der Waals surface area (Å²) in [5.41, 5.74) is 0. The van der Waals surface area contributed by atoms with Crippen molar-refractivity contribution in [1.82, 2.24) is 9.80 Å². The zero-order chi connectivity index (χ0) is 15.6. The van der Waals surface area contributed by atoms with E-state index in [9.17, 15) is 23.1 Å². The van der Waals surface area contributed by atoms with Gasteiger partial charge in [-0.1, -0.05) is 0 Å². The summed E-state index contributed by atoms with van der Waals surface area (Å²) >= 11 is 0. The van der Waals surface area contributed by atoms with Crippen molar-refractivity contribution < 1.29 is 27.8 Å². The van der Waals surface area contributed by atoms with E-state index in [1.54, 1.807) is 0 Å². The minimum Gasteiger partial charge on any atom is -0.384 e. The minimum atomic E-state index is -4.34. The van der Waals surface area contributed by atoms with Gasteiger partial charge in [0.15, 0.2) is 0 Å². The van der Waals surface area contributed by atoms with Crippen molar-refractivity contribution in [3.63, 3.8) is 0 Å². The summed E-state index contributed by atoms with van der Waals surface area (Å²) in [7, 11) is 0. The van der Waals surface area contributed by atoms with Gasteiger partial charge in [-0.3, -0.25) is 9.69 Å². The normalized spacial score (nSPS) is 27.7. The number of nitrogens with zero attached hydrogens (tertiary/aromatic N) is 2. The average Bonchev–Trinajstić information content (AvgIpc) is 2.91. The van der Waals surface area contributed by atoms with Crippen molar-refractivity contribution in [1.29, 1.82) is 0 Å². The molecule has 3 atom stereocenters. The van der Waals surface area contributed by atoms with Crippen LogP contribution in [0.2, 0.25) is 0 Å². The van der Waals surface area contributed by atoms with Crippen molar-refractivity contribution in [2.75, 3.05) is 32.8 Å². The summed E-state index contributed by atoms with van der Waals surface area (Å²) in [6.45, 7) is 2.41. The quantitative estimate of drug-likeness (QED) is 0.830. The average molecular weight is 310 g/mol. The molecule has 2 fully saturated rings. The molecule has 0 aromatic rings. The lowest BCUT2D eigenvalue weighted by molar-refractivity contribution is -0.213. The van der Waals surface area contributed by atoms with E-state index < -0.39 is 30.3 Å². The van der Waals surface area contributed by atoms with Gasteiger partial charge in [-0.25, -0.2) is 0 Å². The first-order valence-corrected chi connectivity index (χ1v) is 7.20. The molecule has 2 aliphatic heterocycles. The Hall–Kier alpha value is -0.860. The molecule has 1 N–H and O–H groups in total. The van der Waals surface area contributed by atoms with Gasteiger partial charge < -0.3 is 14.7 Å². The number of aliphatic hydroxyl groups excluding tert-OH is 1. The van der Waals surface area contributed by atoms with E-state index in [-0.39, 0.29) is 26.2 Å². The SMILES string of the molecule is CC(O)C(=O)N1CCN(C(C2CCCO2)C(F)(F)F)CC1. The summed E-state index contributed by atoms with van der Waals surface area (Å²) in [4.78, 5) is 14.4. The van der Waals surface area contributed by atoms with Gasteiger partial charge in [-0.2, -0.15) is 13.2 Å². The molecule has 3 unspecified atom stereocenters. The van der Waals surface area contributed by atoms with Crippen molar-refractivity contribution in [3.8, 4) is 0 Å². The maximum Gasteiger partial charge on any atom is 0.406 e. The number of piperazine rings is 1. The number of aliphatic hydroxyl groups is 1. The molecule has 0 saturated carbocycles. The van der Waals surface area contributed by atoms with Gasteiger partial charge >= 0.3 is 6.18 Å². The van der Waals surface area contributed by atoms with Crippen LogP contribution in [0.25, 0.3) is 0 Å². The first-order valence-electron chi connectivity index (χ1n) is 7.20. The molecular weight excluding hydrogens is 289 g/mol. The van der Waals surface area contributed by atoms with Gasteiger partial charge in [0.25, 0.3) is 5.91 Å². The number of amides is 1. The Balaban J connectivity index is 1.99. The van der Waals surface area contributed by atoms with Crippen LogP contribution >= 0.6 is 0 Å². The zero-order valence-corrected chi connectivity index (χ0v) is 12.0. The van der Waals surface area contributed by atoms with Crippen LogP contribution in [0.4, 0.5) is 13.2 Å². The van der Waals surface area contributed by atoms with Crippen molar-refractivity contribution in [3.05, 3.63) is 0 Å². The van der Waals surface area contributed by atoms with E-state index in [1.165, 1.54) is 16.7 Å². The molecular formula is C13H21F3N2O3. The second kappa shape index (κ2) is 6.50. The molecule has 2 rings (SSSR count). The Morgan fingerprint density at radius 3 is 2.33 bits per heavy atom. The van der Waals surface area contributed by atoms with E-state index in [2.05, 4.69) is 0 Å². The highest BCUT2D eigenvalue weighted by Gasteiger charge is 2.50. The maximum atomic E-state index is 13.3. The second-order valence-electron chi connectivity index (χ2n) is 5.58. The van der Waals surface area contributed by atoms with Gasteiger partial charge in [0.2, 0.25) is 0 Å². The summed E-state index contributed by atoms with van der Waals surface area (Å²) in [6.07, 6.45) is -5.21. The van der Waals surface area contributed by atoms with Gasteiger partial charge in [-0.05, 0) is 19.8 Å². The largest absolute Gasteiger partial charge is 0.406 e. The smallest absolute Gasteiger partial charge is 0.384 e. The molecule has 0 aromatic carbocycles. The minimum absolute atomic E-state index is 0.141. The van der Waals surface area contributed by atoms with E-state index >= 15 is 0 Å². The Morgan fingerprint density at radius 1 is 1.29 bits per heavy atom. The highest BCUT2D eigenvalue weighted by Crippen LogP contribution is 2.33. The predicted molar refractivity (Wildman–Crippen MR) is 68.7 cm³/mol. The summed E-state index contributed by atoms with van der Waals surface area (Å²) in [5.74, 6) is -0.435. The number of alkyl halides is 3. The lowest BCUT2D eigenvalue weighted by Gasteiger charge is -2.41. The van der Waals surface area contributed by atoms with Crippen LogP contribution in [0.3, 0.4) is 0 Å². The second-order valence-corrected chi connectivity index (χ2v) is 5.58. The molecule has 0 spiro atoms. The highest BCUT2D eigenvalue weighted by atomic mass is 19.4. The Labute approximate surface area is 121 Å². The maximum absolute atomic E-state index is 13.3. The van der Waals surface area contributed by atoms with Crippen molar-refractivity contribution in [2.45, 2.75) is 44.2 Å². The Kier molecular flexibility index (Phi) is 5.11. The van der Waals surface area contributed by atoms with Crippen LogP contribution in [0.1, 0.15) is 19.8 Å². The number of hydrogen-bond acceptors (Lipinski definition) is 4. The molecule has 2 heterocycles. The zero-order valence-electron chi connectivity index (χ0n) is 12.0. The molecule has 0 bridgehead atoms. The molecule has 8 heteroatoms. The van der Waals surface area contributed by atoms with Gasteiger partial charge in [0.05, 0.1) is 6.10 Å². The van der Waals surface area contributed by atoms with E-state index in [0.29, 0.717) is 19.4 Å². The molecule has 1 amide bonds. The molecule has 2 saturated heterocycles. The van der Waals surface area contributed by atoms with E-state index in [0.717, 1.165) is 0 Å². The number of carbonyl (C=O) groups excluding carboxylic acids is 1. The third-order valence-electron chi connectivity index (χ3n) is 4.03. The summed E-state index contributed by atoms with van der Waals surface area (Å²) < 4.78 is 45.1. The van der Waals surface area contributed by atoms with Gasteiger partial charge in [0.1, 0.15) is 12.1 Å². The molecule has 21 heavy (non-hydrogen) atoms. The van der Waals surface area contributed by atoms with E-state index in [1.807, 2.05) is 0 Å². The lowest BCUT2D eigenvalue weighted by Crippen LogP contribution is -2.60. The fourth-order valence-electron chi connectivity index (χ4n) is 2.99. The van der Waals surface area contributed by atoms with Crippen LogP contribution in [0, 0.1) is 0 Å². The summed E-state index contributed by atoms with van der Waals surface area (Å²) in [5, 5.41) is 9.25. The molecule has 122 valence electrons. The standard InChI is InChI=1S/C13H21F3N2O3/c1-9(19)12(20)18-6-4-17(5-7-18)11(13(14,15)16)10-3-2-8-21-10/h9-11,19H,2-8H2,1H3. The molecule has 2 aliphatic rings. The number of rotatable bonds is 3. The van der Waals surface area contributed by atoms with Gasteiger partial charge in [-0.15, -0.1) is 0 Å². The van der Waals surface area contributed by atoms with Gasteiger partial charge in [0, 0.05) is 32.8 Å². The molecule has 0 radical (unpaired) electrons. The van der Waals surface area contributed by atoms with Crippen LogP contribution in [-0.4, -0.2) is 78.0 Å². The number of hydrogen-bond donors (Lipinski definition) is 1. The third-order valence-corrected chi connectivity index (χ3v) is 4.03. The van der Waals surface area contributed by atoms with E-state index in [4.69, 9.17) is 4.74 Å². The first-order chi connectivity index (χ1) is 9.80. The molecule has 0 aromatic heterocycles. The fraction of sp³-hybridized carbons (Fsp3) is 0.923. The molecule has 0 aliphatic carbocycles. The fourth-order valence-corrected chi connectivity index (χ4v) is 2.99. The number of ether oxygens (including phenoxy) is 1. The predicted octanol–water partition coefficient (Wildman–Crippen LogP) is 0.621. The number of carbonyl (C=O) groups is 1. The third kappa shape index (κ3) is 3.87. The van der Waals surface area contributed by atoms with Crippen molar-refractivity contribution in [2.24, 2.45) is 0 Å². The van der Waals surface area contributed by atoms with Crippen molar-refractivity contribution >= 4 is 5.91 Å². The van der Waals surface area contributed by atoms with Crippen LogP contribution in [0.5, 0.6) is 0 Å². The number of halogens is 3. The Morgan fingerprint density at radius 2 is 1.90 bits per heavy atom. The monoisotopic (exact) mass is 310 g/mol. The Bertz CT molecular complexity index is 362. The lowest BCUT2D eigenvalue weighted by atomic mass is 10.0. The summed E-state index contributed by atoms with van der Waals surface area (Å²) in [6, 6.07) is -1.61. The molecule has 5 nitrogen and oxygen atoms in total. The van der Waals surface area contributed by atoms with Crippen LogP contribution in [0.15, 0.2) is 0 Å². The van der Waals surface area contributed by atoms with Crippen LogP contribution in [-0.2, 0) is 9.53 Å². The topological polar surface area (TPSA) is 53.0 Å². The van der Waals surface area contributed by atoms with Crippen LogP contribution < -0.4 is 0 Å². The highest BCUT2D eigenvalue weighted by molar-refractivity contribution is 5.80. The first kappa shape index (κ1) is 16.5.